The Morgan fingerprint density at radius 3 is 0.868 bits per heavy atom. The Morgan fingerprint density at radius 1 is 0.329 bits per heavy atom. The summed E-state index contributed by atoms with van der Waals surface area (Å²) >= 11 is 0. The normalized spacial score (nSPS) is 15.9. The quantitative estimate of drug-likeness (QED) is 0.0914. The van der Waals surface area contributed by atoms with Crippen LogP contribution >= 0.6 is 0 Å². The minimum Gasteiger partial charge on any atom is -0.246 e. The van der Waals surface area contributed by atoms with Gasteiger partial charge in [0.1, 0.15) is 16.1 Å². The van der Waals surface area contributed by atoms with Crippen LogP contribution in [0.4, 0.5) is 0 Å². The first-order chi connectivity index (χ1) is 36.5. The first-order valence-electron chi connectivity index (χ1n) is 28.9. The first-order valence-corrected chi connectivity index (χ1v) is 33.3. The van der Waals surface area contributed by atoms with Crippen LogP contribution in [0.3, 0.4) is 0 Å². The molecule has 76 heavy (non-hydrogen) atoms. The molecule has 4 nitrogen and oxygen atoms in total. The highest BCUT2D eigenvalue weighted by Gasteiger charge is 2.43. The maximum atomic E-state index is 5.45. The number of fused-ring (bicyclic) bond motifs is 4. The average Bonchev–Trinajstić information content (AvgIpc) is 4.25. The minimum absolute atomic E-state index is 0.454. The van der Waals surface area contributed by atoms with Crippen LogP contribution in [0.1, 0.15) is 171 Å². The Bertz CT molecular complexity index is 2910. The second-order valence-electron chi connectivity index (χ2n) is 23.2. The molecule has 0 radical (unpaired) electrons. The number of rotatable bonds is 16. The fourth-order valence-corrected chi connectivity index (χ4v) is 22.5. The van der Waals surface area contributed by atoms with Crippen molar-refractivity contribution in [3.8, 4) is 46.6 Å². The zero-order chi connectivity index (χ0) is 54.6. The Labute approximate surface area is 461 Å². The van der Waals surface area contributed by atoms with Crippen molar-refractivity contribution in [2.24, 2.45) is 20.0 Å². The molecule has 0 fully saturated rings. The average molecular weight is 1040 g/mol. The first kappa shape index (κ1) is 57.4. The summed E-state index contributed by atoms with van der Waals surface area (Å²) in [7, 11) is -4.35. The molecule has 0 atom stereocenters. The molecule has 0 saturated heterocycles. The van der Waals surface area contributed by atoms with Crippen LogP contribution in [0.15, 0.2) is 162 Å². The molecule has 2 aromatic carbocycles. The summed E-state index contributed by atoms with van der Waals surface area (Å²) in [5, 5.41) is 0. The fourth-order valence-electron chi connectivity index (χ4n) is 12.1. The molecular weight excluding hydrogens is 953 g/mol. The van der Waals surface area contributed by atoms with Gasteiger partial charge in [-0.1, -0.05) is 195 Å². The lowest BCUT2D eigenvalue weighted by atomic mass is 10.0. The number of nitrogens with zero attached hydrogens (tertiary/aromatic N) is 4. The fraction of sp³-hybridized carbons (Fsp3) is 0.429. The zero-order valence-electron chi connectivity index (χ0n) is 48.6. The molecule has 7 rings (SSSR count). The van der Waals surface area contributed by atoms with Crippen molar-refractivity contribution < 1.29 is 0 Å². The Kier molecular flexibility index (Phi) is 19.8. The highest BCUT2D eigenvalue weighted by atomic mass is 28.3. The number of aryl methyl sites for hydroxylation is 2. The zero-order valence-corrected chi connectivity index (χ0v) is 50.6. The van der Waals surface area contributed by atoms with Gasteiger partial charge in [0.2, 0.25) is 0 Å². The SMILES string of the molecule is CCCCCCc1ccc(C#CC2=C3C=CC(=N3)C(C#C[Si](C(C)C)(C(C)C)C(C)C)=C3C=CC(=N3)C(C#Cc3ccc(CCCCCC)cc3)=C3C=CC(=N3)C(C#C[Si](C(C)C)(C(C)C)C(C)C)=C3C=CC2=N3)cc1. The van der Waals surface area contributed by atoms with E-state index in [0.717, 1.165) is 91.9 Å². The van der Waals surface area contributed by atoms with Gasteiger partial charge < -0.3 is 0 Å². The van der Waals surface area contributed by atoms with E-state index in [1.165, 1.54) is 62.5 Å². The summed E-state index contributed by atoms with van der Waals surface area (Å²) in [6.45, 7) is 32.8. The summed E-state index contributed by atoms with van der Waals surface area (Å²) < 4.78 is 0. The molecule has 5 heterocycles. The molecule has 0 aliphatic carbocycles. The summed E-state index contributed by atoms with van der Waals surface area (Å²) in [5.74, 6) is 21.9. The third kappa shape index (κ3) is 13.1. The molecule has 6 heteroatoms. The largest absolute Gasteiger partial charge is 0.246 e. The molecule has 0 saturated carbocycles. The number of hydrogen-bond acceptors (Lipinski definition) is 4. The van der Waals surface area contributed by atoms with E-state index in [4.69, 9.17) is 20.0 Å². The van der Waals surface area contributed by atoms with Gasteiger partial charge in [0.25, 0.3) is 0 Å². The van der Waals surface area contributed by atoms with Crippen LogP contribution in [0.5, 0.6) is 0 Å². The third-order valence-corrected chi connectivity index (χ3v) is 28.9. The van der Waals surface area contributed by atoms with Crippen molar-refractivity contribution in [3.05, 3.63) is 164 Å². The smallest absolute Gasteiger partial charge is 0.146 e. The lowest BCUT2D eigenvalue weighted by molar-refractivity contribution is 0.667. The van der Waals surface area contributed by atoms with Gasteiger partial charge in [-0.25, -0.2) is 20.0 Å². The number of aliphatic imine (C=N–C) groups is 4. The van der Waals surface area contributed by atoms with E-state index in [0.29, 0.717) is 33.2 Å². The Morgan fingerprint density at radius 2 is 0.605 bits per heavy atom. The van der Waals surface area contributed by atoms with Gasteiger partial charge in [-0.15, -0.1) is 11.1 Å². The second kappa shape index (κ2) is 26.2. The number of unbranched alkanes of at least 4 members (excludes halogenated alkanes) is 6. The number of allylic oxidation sites excluding steroid dienone is 12. The highest BCUT2D eigenvalue weighted by molar-refractivity contribution is 6.91. The van der Waals surface area contributed by atoms with Crippen LogP contribution in [0.25, 0.3) is 0 Å². The van der Waals surface area contributed by atoms with Crippen LogP contribution in [0.2, 0.25) is 33.2 Å². The second-order valence-corrected chi connectivity index (χ2v) is 34.3. The van der Waals surface area contributed by atoms with E-state index in [2.05, 4.69) is 241 Å². The van der Waals surface area contributed by atoms with Gasteiger partial charge in [0.05, 0.1) is 67.9 Å². The number of benzene rings is 2. The molecule has 5 aliphatic heterocycles. The molecule has 2 aromatic rings. The molecule has 0 unspecified atom stereocenters. The molecule has 0 amide bonds. The van der Waals surface area contributed by atoms with Gasteiger partial charge in [-0.3, -0.25) is 0 Å². The minimum atomic E-state index is -2.17. The van der Waals surface area contributed by atoms with E-state index in [9.17, 15) is 0 Å². The topological polar surface area (TPSA) is 49.4 Å². The summed E-state index contributed by atoms with van der Waals surface area (Å²) in [6, 6.07) is 17.5. The van der Waals surface area contributed by atoms with Gasteiger partial charge in [-0.05, 0) is 143 Å². The van der Waals surface area contributed by atoms with Crippen LogP contribution in [0, 0.1) is 46.6 Å². The van der Waals surface area contributed by atoms with E-state index in [-0.39, 0.29) is 0 Å². The highest BCUT2D eigenvalue weighted by Crippen LogP contribution is 2.42. The summed E-state index contributed by atoms with van der Waals surface area (Å²) in [5.41, 5.74) is 24.5. The molecule has 392 valence electrons. The van der Waals surface area contributed by atoms with Crippen molar-refractivity contribution >= 4 is 39.0 Å². The predicted molar refractivity (Wildman–Crippen MR) is 334 cm³/mol. The Balaban J connectivity index is 1.48. The molecule has 0 spiro atoms. The van der Waals surface area contributed by atoms with Crippen molar-refractivity contribution in [3.63, 3.8) is 0 Å². The maximum Gasteiger partial charge on any atom is 0.146 e. The standard InChI is InChI=1S/C70H84N4Si2/c1-15-17-19-21-23-55-25-29-57(30-26-55)33-35-59-63-37-41-67(71-63)61(45-47-75(49(3)4,50(5)6)51(7)8)69-43-39-65(73-69)60(36-34-58-31-27-56(28-32-58)24-22-20-18-16-2)66-40-44-70(74-66)62(68-42-38-64(59)72-68)46-48-76(52(9)10,53(11)12)54(13)14/h25-32,37-44,49-54H,15-24H2,1-14H3. The van der Waals surface area contributed by atoms with Gasteiger partial charge in [0.15, 0.2) is 0 Å². The van der Waals surface area contributed by atoms with E-state index in [1.54, 1.807) is 0 Å². The van der Waals surface area contributed by atoms with E-state index < -0.39 is 16.1 Å². The molecule has 8 bridgehead atoms. The van der Waals surface area contributed by atoms with Crippen LogP contribution in [-0.2, 0) is 12.8 Å². The predicted octanol–water partition coefficient (Wildman–Crippen LogP) is 17.9. The van der Waals surface area contributed by atoms with Crippen molar-refractivity contribution in [2.75, 3.05) is 0 Å². The van der Waals surface area contributed by atoms with Gasteiger partial charge >= 0.3 is 0 Å². The van der Waals surface area contributed by atoms with Gasteiger partial charge in [0, 0.05) is 11.1 Å². The number of hydrogen-bond donors (Lipinski definition) is 0. The molecular formula is C70H84N4Si2. The van der Waals surface area contributed by atoms with Crippen molar-refractivity contribution in [2.45, 2.75) is 194 Å². The lowest BCUT2D eigenvalue weighted by Gasteiger charge is -2.38. The van der Waals surface area contributed by atoms with Gasteiger partial charge in [-0.2, -0.15) is 0 Å². The molecule has 0 aromatic heterocycles. The molecule has 5 aliphatic rings. The van der Waals surface area contributed by atoms with Crippen LogP contribution < -0.4 is 0 Å². The van der Waals surface area contributed by atoms with Crippen LogP contribution in [-0.4, -0.2) is 39.0 Å². The summed E-state index contributed by atoms with van der Waals surface area (Å²) in [6.07, 6.45) is 28.8. The monoisotopic (exact) mass is 1040 g/mol. The maximum absolute atomic E-state index is 5.45. The Hall–Kier alpha value is -6.29. The van der Waals surface area contributed by atoms with E-state index >= 15 is 0 Å². The summed E-state index contributed by atoms with van der Waals surface area (Å²) in [4.78, 5) is 21.8. The van der Waals surface area contributed by atoms with Crippen molar-refractivity contribution in [1.82, 2.24) is 0 Å². The van der Waals surface area contributed by atoms with E-state index in [1.807, 2.05) is 0 Å². The van der Waals surface area contributed by atoms with Crippen molar-refractivity contribution in [1.29, 1.82) is 0 Å². The lowest BCUT2D eigenvalue weighted by Crippen LogP contribution is -2.43. The third-order valence-electron chi connectivity index (χ3n) is 16.4. The molecule has 0 N–H and O–H groups in total.